The summed E-state index contributed by atoms with van der Waals surface area (Å²) in [5, 5.41) is 6.46. The molecule has 2 fully saturated rings. The number of ether oxygens (including phenoxy) is 1. The quantitative estimate of drug-likeness (QED) is 0.803. The van der Waals surface area contributed by atoms with Gasteiger partial charge in [-0.15, -0.1) is 0 Å². The van der Waals surface area contributed by atoms with E-state index >= 15 is 0 Å². The highest BCUT2D eigenvalue weighted by Crippen LogP contribution is 2.45. The smallest absolute Gasteiger partial charge is 0.321 e. The number of amides is 3. The molecule has 29 heavy (non-hydrogen) atoms. The van der Waals surface area contributed by atoms with Crippen LogP contribution in [-0.4, -0.2) is 48.1 Å². The van der Waals surface area contributed by atoms with E-state index in [2.05, 4.69) is 15.6 Å². The van der Waals surface area contributed by atoms with Gasteiger partial charge in [0.05, 0.1) is 17.8 Å². The van der Waals surface area contributed by atoms with E-state index < -0.39 is 0 Å². The van der Waals surface area contributed by atoms with Crippen LogP contribution in [0.1, 0.15) is 12.8 Å². The van der Waals surface area contributed by atoms with Gasteiger partial charge >= 0.3 is 6.03 Å². The van der Waals surface area contributed by atoms with Crippen LogP contribution in [0.5, 0.6) is 0 Å². The Labute approximate surface area is 174 Å². The highest BCUT2D eigenvalue weighted by molar-refractivity contribution is 6.30. The molecule has 2 aliphatic heterocycles. The normalized spacial score (nSPS) is 20.4. The van der Waals surface area contributed by atoms with Crippen molar-refractivity contribution in [2.75, 3.05) is 36.9 Å². The minimum atomic E-state index is -0.303. The lowest BCUT2D eigenvalue weighted by atomic mass is 9.71. The van der Waals surface area contributed by atoms with Gasteiger partial charge in [-0.05, 0) is 49.2 Å². The molecule has 0 radical (unpaired) electrons. The average molecular weight is 415 g/mol. The second-order valence-electron chi connectivity index (χ2n) is 7.58. The van der Waals surface area contributed by atoms with Crippen LogP contribution in [0.15, 0.2) is 48.8 Å². The number of aromatic nitrogens is 1. The van der Waals surface area contributed by atoms with Crippen LogP contribution >= 0.6 is 11.6 Å². The summed E-state index contributed by atoms with van der Waals surface area (Å²) < 4.78 is 5.53. The van der Waals surface area contributed by atoms with Gasteiger partial charge in [0.2, 0.25) is 5.91 Å². The fraction of sp³-hybridized carbons (Fsp3) is 0.381. The molecule has 0 unspecified atom stereocenters. The third-order valence-corrected chi connectivity index (χ3v) is 6.02. The Balaban J connectivity index is 1.50. The number of nitrogens with zero attached hydrogens (tertiary/aromatic N) is 2. The van der Waals surface area contributed by atoms with Crippen molar-refractivity contribution in [1.29, 1.82) is 0 Å². The molecule has 2 aromatic rings. The van der Waals surface area contributed by atoms with E-state index in [1.165, 1.54) is 0 Å². The first-order valence-electron chi connectivity index (χ1n) is 9.66. The molecule has 2 saturated heterocycles. The zero-order valence-corrected chi connectivity index (χ0v) is 16.7. The zero-order valence-electron chi connectivity index (χ0n) is 15.9. The van der Waals surface area contributed by atoms with Crippen molar-refractivity contribution in [3.05, 3.63) is 53.8 Å². The first-order chi connectivity index (χ1) is 14.1. The SMILES string of the molecule is O=C(Nc1cccnc1)[C@@H]1CN(C(=O)Nc2ccc(Cl)cc2)CC12CCOCC2. The van der Waals surface area contributed by atoms with Gasteiger partial charge in [-0.3, -0.25) is 9.78 Å². The van der Waals surface area contributed by atoms with E-state index in [4.69, 9.17) is 16.3 Å². The number of rotatable bonds is 3. The molecule has 2 N–H and O–H groups in total. The molecule has 1 aromatic carbocycles. The fourth-order valence-corrected chi connectivity index (χ4v) is 4.30. The van der Waals surface area contributed by atoms with E-state index in [0.717, 1.165) is 12.8 Å². The van der Waals surface area contributed by atoms with Crippen molar-refractivity contribution in [2.45, 2.75) is 12.8 Å². The van der Waals surface area contributed by atoms with Crippen LogP contribution in [0.25, 0.3) is 0 Å². The topological polar surface area (TPSA) is 83.6 Å². The Hall–Kier alpha value is -2.64. The average Bonchev–Trinajstić information content (AvgIpc) is 3.10. The molecule has 152 valence electrons. The Kier molecular flexibility index (Phi) is 5.69. The third-order valence-electron chi connectivity index (χ3n) is 5.76. The molecule has 1 aromatic heterocycles. The first kappa shape index (κ1) is 19.7. The summed E-state index contributed by atoms with van der Waals surface area (Å²) in [5.41, 5.74) is 1.05. The van der Waals surface area contributed by atoms with E-state index in [9.17, 15) is 9.59 Å². The van der Waals surface area contributed by atoms with Gasteiger partial charge in [0, 0.05) is 48.6 Å². The molecule has 3 heterocycles. The lowest BCUT2D eigenvalue weighted by Crippen LogP contribution is -2.42. The second-order valence-corrected chi connectivity index (χ2v) is 8.01. The number of nitrogens with one attached hydrogen (secondary N) is 2. The van der Waals surface area contributed by atoms with Crippen LogP contribution in [0.3, 0.4) is 0 Å². The highest BCUT2D eigenvalue weighted by atomic mass is 35.5. The molecule has 4 rings (SSSR count). The molecule has 0 aliphatic carbocycles. The molecular weight excluding hydrogens is 392 g/mol. The number of urea groups is 1. The Morgan fingerprint density at radius 3 is 2.55 bits per heavy atom. The molecule has 7 nitrogen and oxygen atoms in total. The summed E-state index contributed by atoms with van der Waals surface area (Å²) in [6.07, 6.45) is 4.79. The maximum absolute atomic E-state index is 13.1. The number of anilines is 2. The summed E-state index contributed by atoms with van der Waals surface area (Å²) in [6.45, 7) is 2.10. The van der Waals surface area contributed by atoms with E-state index in [1.54, 1.807) is 47.6 Å². The minimum absolute atomic E-state index is 0.0818. The van der Waals surface area contributed by atoms with Crippen molar-refractivity contribution >= 4 is 34.9 Å². The monoisotopic (exact) mass is 414 g/mol. The number of hydrogen-bond acceptors (Lipinski definition) is 4. The third kappa shape index (κ3) is 4.36. The minimum Gasteiger partial charge on any atom is -0.381 e. The lowest BCUT2D eigenvalue weighted by Gasteiger charge is -2.37. The number of carbonyl (C=O) groups excluding carboxylic acids is 2. The lowest BCUT2D eigenvalue weighted by molar-refractivity contribution is -0.124. The maximum Gasteiger partial charge on any atom is 0.321 e. The van der Waals surface area contributed by atoms with Gasteiger partial charge in [0.1, 0.15) is 0 Å². The predicted molar refractivity (Wildman–Crippen MR) is 111 cm³/mol. The summed E-state index contributed by atoms with van der Waals surface area (Å²) in [6, 6.07) is 10.3. The van der Waals surface area contributed by atoms with Crippen molar-refractivity contribution in [1.82, 2.24) is 9.88 Å². The van der Waals surface area contributed by atoms with Crippen molar-refractivity contribution < 1.29 is 14.3 Å². The van der Waals surface area contributed by atoms with Gasteiger partial charge in [-0.2, -0.15) is 0 Å². The Bertz CT molecular complexity index is 869. The van der Waals surface area contributed by atoms with Crippen LogP contribution in [0, 0.1) is 11.3 Å². The Morgan fingerprint density at radius 2 is 1.86 bits per heavy atom. The van der Waals surface area contributed by atoms with Crippen LogP contribution < -0.4 is 10.6 Å². The molecular formula is C21H23ClN4O3. The predicted octanol–water partition coefficient (Wildman–Crippen LogP) is 3.63. The summed E-state index contributed by atoms with van der Waals surface area (Å²) in [7, 11) is 0. The Morgan fingerprint density at radius 1 is 1.10 bits per heavy atom. The number of benzene rings is 1. The molecule has 0 saturated carbocycles. The zero-order chi connectivity index (χ0) is 20.3. The maximum atomic E-state index is 13.1. The van der Waals surface area contributed by atoms with Crippen molar-refractivity contribution in [2.24, 2.45) is 11.3 Å². The van der Waals surface area contributed by atoms with Crippen molar-refractivity contribution in [3.8, 4) is 0 Å². The van der Waals surface area contributed by atoms with Gasteiger partial charge < -0.3 is 20.3 Å². The van der Waals surface area contributed by atoms with E-state index in [-0.39, 0.29) is 23.3 Å². The summed E-state index contributed by atoms with van der Waals surface area (Å²) in [5.74, 6) is -0.385. The number of hydrogen-bond donors (Lipinski definition) is 2. The standard InChI is InChI=1S/C21H23ClN4O3/c22-15-3-5-16(6-4-15)25-20(28)26-13-18(21(14-26)7-10-29-11-8-21)19(27)24-17-2-1-9-23-12-17/h1-6,9,12,18H,7-8,10-11,13-14H2,(H,24,27)(H,25,28)/t18-/m0/s1. The highest BCUT2D eigenvalue weighted by Gasteiger charge is 2.51. The largest absolute Gasteiger partial charge is 0.381 e. The number of halogens is 1. The van der Waals surface area contributed by atoms with Gasteiger partial charge in [-0.25, -0.2) is 4.79 Å². The van der Waals surface area contributed by atoms with Gasteiger partial charge in [0.25, 0.3) is 0 Å². The number of likely N-dealkylation sites (tertiary alicyclic amines) is 1. The molecule has 1 spiro atoms. The van der Waals surface area contributed by atoms with Crippen molar-refractivity contribution in [3.63, 3.8) is 0 Å². The number of carbonyl (C=O) groups is 2. The fourth-order valence-electron chi connectivity index (χ4n) is 4.17. The summed E-state index contributed by atoms with van der Waals surface area (Å²) >= 11 is 5.91. The first-order valence-corrected chi connectivity index (χ1v) is 10.0. The van der Waals surface area contributed by atoms with Gasteiger partial charge in [0.15, 0.2) is 0 Å². The van der Waals surface area contributed by atoms with Gasteiger partial charge in [-0.1, -0.05) is 11.6 Å². The molecule has 0 bridgehead atoms. The van der Waals surface area contributed by atoms with Crippen LogP contribution in [0.4, 0.5) is 16.2 Å². The molecule has 3 amide bonds. The van der Waals surface area contributed by atoms with Crippen LogP contribution in [-0.2, 0) is 9.53 Å². The van der Waals surface area contributed by atoms with E-state index in [0.29, 0.717) is 42.7 Å². The molecule has 2 aliphatic rings. The van der Waals surface area contributed by atoms with Crippen LogP contribution in [0.2, 0.25) is 5.02 Å². The summed E-state index contributed by atoms with van der Waals surface area (Å²) in [4.78, 5) is 31.7. The second kappa shape index (κ2) is 8.39. The number of pyridine rings is 1. The molecule has 8 heteroatoms. The van der Waals surface area contributed by atoms with E-state index in [1.807, 2.05) is 6.07 Å². The molecule has 1 atom stereocenters.